The molecule has 0 aliphatic carbocycles. The summed E-state index contributed by atoms with van der Waals surface area (Å²) in [6, 6.07) is 26.2. The van der Waals surface area contributed by atoms with E-state index in [4.69, 9.17) is 10.00 Å². The Balaban J connectivity index is 1.33. The molecule has 0 fully saturated rings. The van der Waals surface area contributed by atoms with Gasteiger partial charge in [0.15, 0.2) is 0 Å². The van der Waals surface area contributed by atoms with Gasteiger partial charge in [0.2, 0.25) is 5.91 Å². The first-order valence-electron chi connectivity index (χ1n) is 9.80. The van der Waals surface area contributed by atoms with E-state index >= 15 is 0 Å². The van der Waals surface area contributed by atoms with Crippen LogP contribution in [0, 0.1) is 11.3 Å². The van der Waals surface area contributed by atoms with Gasteiger partial charge in [-0.2, -0.15) is 10.4 Å². The molecule has 0 spiro atoms. The lowest BCUT2D eigenvalue weighted by Gasteiger charge is -2.10. The van der Waals surface area contributed by atoms with Crippen LogP contribution in [0.4, 0.5) is 5.69 Å². The fraction of sp³-hybridized carbons (Fsp3) is 0.0800. The van der Waals surface area contributed by atoms with Crippen molar-refractivity contribution in [3.8, 4) is 17.5 Å². The van der Waals surface area contributed by atoms with Crippen molar-refractivity contribution < 1.29 is 9.53 Å². The van der Waals surface area contributed by atoms with Gasteiger partial charge in [0.25, 0.3) is 0 Å². The van der Waals surface area contributed by atoms with Crippen molar-refractivity contribution in [1.82, 2.24) is 9.78 Å². The fourth-order valence-corrected chi connectivity index (χ4v) is 3.14. The molecule has 0 unspecified atom stereocenters. The maximum atomic E-state index is 12.5. The number of nitriles is 1. The molecular formula is C25H20N4O2. The van der Waals surface area contributed by atoms with Crippen LogP contribution in [0.1, 0.15) is 16.7 Å². The maximum Gasteiger partial charge on any atom is 0.228 e. The molecule has 4 aromatic rings. The van der Waals surface area contributed by atoms with Gasteiger partial charge < -0.3 is 10.1 Å². The lowest BCUT2D eigenvalue weighted by Crippen LogP contribution is -2.14. The molecule has 1 N–H and O–H groups in total. The normalized spacial score (nSPS) is 10.3. The minimum Gasteiger partial charge on any atom is -0.489 e. The lowest BCUT2D eigenvalue weighted by molar-refractivity contribution is -0.115. The molecule has 0 bridgehead atoms. The molecule has 31 heavy (non-hydrogen) atoms. The summed E-state index contributed by atoms with van der Waals surface area (Å²) in [5.74, 6) is 0.537. The average molecular weight is 408 g/mol. The van der Waals surface area contributed by atoms with Crippen LogP contribution in [-0.4, -0.2) is 15.7 Å². The number of nitrogens with one attached hydrogen (secondary N) is 1. The van der Waals surface area contributed by atoms with Crippen molar-refractivity contribution in [3.05, 3.63) is 108 Å². The Morgan fingerprint density at radius 1 is 1.00 bits per heavy atom. The number of carbonyl (C=O) groups excluding carboxylic acids is 1. The molecule has 0 aliphatic heterocycles. The molecule has 0 aliphatic rings. The van der Waals surface area contributed by atoms with E-state index in [2.05, 4.69) is 16.5 Å². The van der Waals surface area contributed by atoms with Crippen LogP contribution in [0.5, 0.6) is 5.75 Å². The highest BCUT2D eigenvalue weighted by Crippen LogP contribution is 2.19. The maximum absolute atomic E-state index is 12.5. The van der Waals surface area contributed by atoms with Gasteiger partial charge in [0, 0.05) is 24.1 Å². The minimum absolute atomic E-state index is 0.106. The number of hydrogen-bond donors (Lipinski definition) is 1. The Morgan fingerprint density at radius 2 is 1.84 bits per heavy atom. The number of nitrogens with zero attached hydrogens (tertiary/aromatic N) is 3. The largest absolute Gasteiger partial charge is 0.489 e. The van der Waals surface area contributed by atoms with Crippen molar-refractivity contribution in [2.24, 2.45) is 0 Å². The smallest absolute Gasteiger partial charge is 0.228 e. The molecule has 4 rings (SSSR count). The Morgan fingerprint density at radius 3 is 2.61 bits per heavy atom. The average Bonchev–Trinajstić information content (AvgIpc) is 3.33. The number of amides is 1. The van der Waals surface area contributed by atoms with E-state index in [0.29, 0.717) is 23.6 Å². The number of carbonyl (C=O) groups is 1. The molecular weight excluding hydrogens is 388 g/mol. The fourth-order valence-electron chi connectivity index (χ4n) is 3.14. The number of aromatic nitrogens is 2. The number of rotatable bonds is 7. The van der Waals surface area contributed by atoms with Crippen LogP contribution in [-0.2, 0) is 17.8 Å². The first-order chi connectivity index (χ1) is 15.2. The molecule has 1 heterocycles. The Hall–Kier alpha value is -4.37. The van der Waals surface area contributed by atoms with Crippen LogP contribution in [0.2, 0.25) is 0 Å². The van der Waals surface area contributed by atoms with Crippen LogP contribution in [0.3, 0.4) is 0 Å². The van der Waals surface area contributed by atoms with E-state index in [-0.39, 0.29) is 12.3 Å². The summed E-state index contributed by atoms with van der Waals surface area (Å²) in [7, 11) is 0. The van der Waals surface area contributed by atoms with Crippen LogP contribution < -0.4 is 10.1 Å². The van der Waals surface area contributed by atoms with E-state index in [1.165, 1.54) is 0 Å². The minimum atomic E-state index is -0.106. The van der Waals surface area contributed by atoms with E-state index < -0.39 is 0 Å². The molecule has 0 radical (unpaired) electrons. The Bertz CT molecular complexity index is 1210. The highest BCUT2D eigenvalue weighted by molar-refractivity contribution is 5.92. The summed E-state index contributed by atoms with van der Waals surface area (Å²) >= 11 is 0. The van der Waals surface area contributed by atoms with Gasteiger partial charge in [-0.25, -0.2) is 4.68 Å². The zero-order valence-corrected chi connectivity index (χ0v) is 16.7. The molecule has 0 saturated heterocycles. The Kier molecular flexibility index (Phi) is 6.05. The van der Waals surface area contributed by atoms with Gasteiger partial charge in [0.05, 0.1) is 23.7 Å². The summed E-state index contributed by atoms with van der Waals surface area (Å²) in [6.07, 6.45) is 3.87. The molecule has 3 aromatic carbocycles. The second-order valence-corrected chi connectivity index (χ2v) is 6.97. The topological polar surface area (TPSA) is 79.9 Å². The molecule has 0 saturated carbocycles. The highest BCUT2D eigenvalue weighted by atomic mass is 16.5. The van der Waals surface area contributed by atoms with E-state index in [9.17, 15) is 4.79 Å². The van der Waals surface area contributed by atoms with Crippen LogP contribution in [0.25, 0.3) is 5.69 Å². The number of benzene rings is 3. The Labute approximate surface area is 180 Å². The van der Waals surface area contributed by atoms with Crippen molar-refractivity contribution in [1.29, 1.82) is 5.26 Å². The van der Waals surface area contributed by atoms with Gasteiger partial charge in [0.1, 0.15) is 12.4 Å². The second kappa shape index (κ2) is 9.42. The summed E-state index contributed by atoms with van der Waals surface area (Å²) < 4.78 is 7.58. The first-order valence-corrected chi connectivity index (χ1v) is 9.80. The van der Waals surface area contributed by atoms with Gasteiger partial charge in [-0.05, 0) is 53.6 Å². The van der Waals surface area contributed by atoms with Crippen molar-refractivity contribution in [3.63, 3.8) is 0 Å². The highest BCUT2D eigenvalue weighted by Gasteiger charge is 2.06. The predicted octanol–water partition coefficient (Wildman–Crippen LogP) is 4.50. The molecule has 6 heteroatoms. The number of anilines is 1. The molecule has 1 aromatic heterocycles. The van der Waals surface area contributed by atoms with Crippen molar-refractivity contribution >= 4 is 11.6 Å². The van der Waals surface area contributed by atoms with Crippen LogP contribution in [0.15, 0.2) is 91.3 Å². The SMILES string of the molecule is N#Cc1cccc(COc2cccc(NC(=O)Cc3ccc(-n4cccn4)cc3)c2)c1. The van der Waals surface area contributed by atoms with Gasteiger partial charge >= 0.3 is 0 Å². The summed E-state index contributed by atoms with van der Waals surface area (Å²) in [6.45, 7) is 0.343. The second-order valence-electron chi connectivity index (χ2n) is 6.97. The zero-order chi connectivity index (χ0) is 21.5. The van der Waals surface area contributed by atoms with Crippen LogP contribution >= 0.6 is 0 Å². The predicted molar refractivity (Wildman–Crippen MR) is 118 cm³/mol. The summed E-state index contributed by atoms with van der Waals surface area (Å²) in [5.41, 5.74) is 4.03. The molecule has 6 nitrogen and oxygen atoms in total. The third kappa shape index (κ3) is 5.37. The quantitative estimate of drug-likeness (QED) is 0.488. The molecule has 1 amide bonds. The first kappa shape index (κ1) is 19.9. The molecule has 0 atom stereocenters. The van der Waals surface area contributed by atoms with E-state index in [1.807, 2.05) is 66.9 Å². The third-order valence-corrected chi connectivity index (χ3v) is 4.65. The van der Waals surface area contributed by atoms with Gasteiger partial charge in [-0.1, -0.05) is 30.3 Å². The standard InChI is InChI=1S/C25H20N4O2/c26-17-20-4-1-5-21(14-20)18-31-24-7-2-6-22(16-24)28-25(30)15-19-8-10-23(11-9-19)29-13-3-12-27-29/h1-14,16H,15,18H2,(H,28,30). The van der Waals surface area contributed by atoms with Crippen molar-refractivity contribution in [2.75, 3.05) is 5.32 Å². The molecule has 152 valence electrons. The number of ether oxygens (including phenoxy) is 1. The monoisotopic (exact) mass is 408 g/mol. The van der Waals surface area contributed by atoms with E-state index in [0.717, 1.165) is 16.8 Å². The van der Waals surface area contributed by atoms with Crippen molar-refractivity contribution in [2.45, 2.75) is 13.0 Å². The van der Waals surface area contributed by atoms with Gasteiger partial charge in [-0.15, -0.1) is 0 Å². The number of hydrogen-bond acceptors (Lipinski definition) is 4. The summed E-state index contributed by atoms with van der Waals surface area (Å²) in [5, 5.41) is 16.1. The zero-order valence-electron chi connectivity index (χ0n) is 16.7. The summed E-state index contributed by atoms with van der Waals surface area (Å²) in [4.78, 5) is 12.5. The third-order valence-electron chi connectivity index (χ3n) is 4.65. The lowest BCUT2D eigenvalue weighted by atomic mass is 10.1. The van der Waals surface area contributed by atoms with E-state index in [1.54, 1.807) is 29.1 Å². The van der Waals surface area contributed by atoms with Gasteiger partial charge in [-0.3, -0.25) is 4.79 Å².